The summed E-state index contributed by atoms with van der Waals surface area (Å²) in [7, 11) is 2.12. The molecular weight excluding hydrogens is 316 g/mol. The monoisotopic (exact) mass is 340 g/mol. The topological polar surface area (TPSA) is 67.2 Å². The second-order valence-electron chi connectivity index (χ2n) is 7.03. The molecule has 7 heteroatoms. The molecule has 2 aliphatic rings. The zero-order chi connectivity index (χ0) is 17.2. The van der Waals surface area contributed by atoms with Crippen LogP contribution in [0.2, 0.25) is 0 Å². The van der Waals surface area contributed by atoms with Crippen molar-refractivity contribution < 1.29 is 0 Å². The molecular formula is C18H24N6O. The average molecular weight is 340 g/mol. The Morgan fingerprint density at radius 2 is 2.08 bits per heavy atom. The first-order valence-corrected chi connectivity index (χ1v) is 9.02. The molecule has 0 amide bonds. The molecule has 0 atom stereocenters. The van der Waals surface area contributed by atoms with Gasteiger partial charge in [0.25, 0.3) is 5.56 Å². The van der Waals surface area contributed by atoms with Crippen LogP contribution in [0.25, 0.3) is 0 Å². The summed E-state index contributed by atoms with van der Waals surface area (Å²) >= 11 is 0. The fourth-order valence-electron chi connectivity index (χ4n) is 3.56. The number of hydrogen-bond donors (Lipinski definition) is 0. The molecule has 4 rings (SSSR count). The largest absolute Gasteiger partial charge is 0.352 e. The van der Waals surface area contributed by atoms with Crippen molar-refractivity contribution in [2.24, 2.45) is 0 Å². The van der Waals surface area contributed by atoms with E-state index in [2.05, 4.69) is 38.1 Å². The van der Waals surface area contributed by atoms with E-state index in [0.717, 1.165) is 38.3 Å². The highest BCUT2D eigenvalue weighted by molar-refractivity contribution is 5.45. The molecule has 0 aromatic carbocycles. The van der Waals surface area contributed by atoms with E-state index in [9.17, 15) is 4.79 Å². The van der Waals surface area contributed by atoms with Gasteiger partial charge in [-0.25, -0.2) is 0 Å². The molecule has 1 fully saturated rings. The number of aryl methyl sites for hydroxylation is 2. The molecule has 1 saturated heterocycles. The van der Waals surface area contributed by atoms with Crippen LogP contribution in [0.4, 0.5) is 5.82 Å². The van der Waals surface area contributed by atoms with Crippen LogP contribution in [-0.4, -0.2) is 57.4 Å². The molecule has 0 unspecified atom stereocenters. The minimum atomic E-state index is -0.0459. The van der Waals surface area contributed by atoms with E-state index >= 15 is 0 Å². The zero-order valence-electron chi connectivity index (χ0n) is 14.6. The summed E-state index contributed by atoms with van der Waals surface area (Å²) < 4.78 is 1.70. The highest BCUT2D eigenvalue weighted by Gasteiger charge is 2.31. The van der Waals surface area contributed by atoms with E-state index in [4.69, 9.17) is 0 Å². The van der Waals surface area contributed by atoms with Gasteiger partial charge in [0.15, 0.2) is 5.82 Å². The first kappa shape index (κ1) is 16.2. The van der Waals surface area contributed by atoms with Gasteiger partial charge in [-0.3, -0.25) is 14.7 Å². The number of aromatic nitrogens is 4. The molecule has 0 N–H and O–H groups in total. The Balaban J connectivity index is 1.31. The van der Waals surface area contributed by atoms with Gasteiger partial charge in [-0.15, -0.1) is 5.10 Å². The van der Waals surface area contributed by atoms with Crippen LogP contribution in [0, 0.1) is 0 Å². The van der Waals surface area contributed by atoms with Crippen molar-refractivity contribution in [3.8, 4) is 0 Å². The molecule has 2 aromatic rings. The lowest BCUT2D eigenvalue weighted by molar-refractivity contribution is 0.197. The Hall–Kier alpha value is -2.28. The third-order valence-corrected chi connectivity index (χ3v) is 5.36. The Labute approximate surface area is 147 Å². The summed E-state index contributed by atoms with van der Waals surface area (Å²) in [5, 5.41) is 8.85. The molecule has 1 aliphatic carbocycles. The van der Waals surface area contributed by atoms with E-state index < -0.39 is 0 Å². The predicted octanol–water partition coefficient (Wildman–Crippen LogP) is 0.733. The summed E-state index contributed by atoms with van der Waals surface area (Å²) in [5.41, 5.74) is 2.52. The lowest BCUT2D eigenvalue weighted by Gasteiger charge is -2.44. The van der Waals surface area contributed by atoms with Crippen molar-refractivity contribution in [3.05, 3.63) is 46.3 Å². The molecule has 25 heavy (non-hydrogen) atoms. The van der Waals surface area contributed by atoms with Gasteiger partial charge in [0.1, 0.15) is 0 Å². The number of hydrogen-bond acceptors (Lipinski definition) is 6. The number of fused-ring (bicyclic) bond motifs is 1. The van der Waals surface area contributed by atoms with Crippen molar-refractivity contribution in [1.29, 1.82) is 0 Å². The van der Waals surface area contributed by atoms with Crippen LogP contribution >= 0.6 is 0 Å². The maximum absolute atomic E-state index is 11.7. The lowest BCUT2D eigenvalue weighted by atomic mass is 9.96. The number of nitrogens with zero attached hydrogens (tertiary/aromatic N) is 6. The summed E-state index contributed by atoms with van der Waals surface area (Å²) in [6.45, 7) is 3.47. The van der Waals surface area contributed by atoms with Gasteiger partial charge in [-0.1, -0.05) is 0 Å². The van der Waals surface area contributed by atoms with Crippen molar-refractivity contribution in [1.82, 2.24) is 24.6 Å². The Bertz CT molecular complexity index is 798. The van der Waals surface area contributed by atoms with Crippen LogP contribution in [0.5, 0.6) is 0 Å². The van der Waals surface area contributed by atoms with Crippen molar-refractivity contribution in [3.63, 3.8) is 0 Å². The summed E-state index contributed by atoms with van der Waals surface area (Å²) in [4.78, 5) is 20.1. The smallest absolute Gasteiger partial charge is 0.269 e. The fourth-order valence-corrected chi connectivity index (χ4v) is 3.56. The summed E-state index contributed by atoms with van der Waals surface area (Å²) in [6.07, 6.45) is 9.46. The Kier molecular flexibility index (Phi) is 4.48. The average Bonchev–Trinajstić information content (AvgIpc) is 2.60. The lowest BCUT2D eigenvalue weighted by Crippen LogP contribution is -2.59. The van der Waals surface area contributed by atoms with Gasteiger partial charge in [-0.05, 0) is 44.4 Å². The van der Waals surface area contributed by atoms with Gasteiger partial charge < -0.3 is 9.47 Å². The molecule has 132 valence electrons. The van der Waals surface area contributed by atoms with Crippen molar-refractivity contribution >= 4 is 5.82 Å². The first-order valence-electron chi connectivity index (χ1n) is 9.02. The molecule has 3 heterocycles. The molecule has 7 nitrogen and oxygen atoms in total. The third kappa shape index (κ3) is 3.42. The summed E-state index contributed by atoms with van der Waals surface area (Å²) in [6, 6.07) is 2.73. The second kappa shape index (κ2) is 6.92. The minimum absolute atomic E-state index is 0.0459. The van der Waals surface area contributed by atoms with E-state index in [0.29, 0.717) is 12.6 Å². The Morgan fingerprint density at radius 1 is 1.24 bits per heavy atom. The first-order chi connectivity index (χ1) is 12.2. The number of rotatable bonds is 5. The molecule has 0 saturated carbocycles. The maximum Gasteiger partial charge on any atom is 0.269 e. The fraction of sp³-hybridized carbons (Fsp3) is 0.556. The molecule has 2 aromatic heterocycles. The minimum Gasteiger partial charge on any atom is -0.352 e. The summed E-state index contributed by atoms with van der Waals surface area (Å²) in [5.74, 6) is 1.01. The van der Waals surface area contributed by atoms with Crippen molar-refractivity contribution in [2.75, 3.05) is 31.6 Å². The van der Waals surface area contributed by atoms with Crippen LogP contribution in [0.1, 0.15) is 24.1 Å². The SMILES string of the molecule is CN(CCn1ccncc1=O)C1CN(c2cc3c(nn2)CCCC3)C1. The molecule has 1 aliphatic heterocycles. The molecule has 0 spiro atoms. The van der Waals surface area contributed by atoms with Crippen LogP contribution in [0.3, 0.4) is 0 Å². The number of anilines is 1. The van der Waals surface area contributed by atoms with Gasteiger partial charge in [0.05, 0.1) is 11.9 Å². The van der Waals surface area contributed by atoms with Crippen LogP contribution in [0.15, 0.2) is 29.5 Å². The normalized spacial score (nSPS) is 17.4. The van der Waals surface area contributed by atoms with Gasteiger partial charge >= 0.3 is 0 Å². The Morgan fingerprint density at radius 3 is 2.92 bits per heavy atom. The van der Waals surface area contributed by atoms with E-state index in [1.54, 1.807) is 17.0 Å². The highest BCUT2D eigenvalue weighted by atomic mass is 16.1. The van der Waals surface area contributed by atoms with E-state index in [1.165, 1.54) is 30.3 Å². The molecule has 0 bridgehead atoms. The van der Waals surface area contributed by atoms with Gasteiger partial charge in [-0.2, -0.15) is 5.10 Å². The van der Waals surface area contributed by atoms with E-state index in [1.807, 2.05) is 0 Å². The van der Waals surface area contributed by atoms with Crippen LogP contribution in [-0.2, 0) is 19.4 Å². The molecule has 0 radical (unpaired) electrons. The predicted molar refractivity (Wildman–Crippen MR) is 95.8 cm³/mol. The number of likely N-dealkylation sites (N-methyl/N-ethyl adjacent to an activating group) is 1. The van der Waals surface area contributed by atoms with Gasteiger partial charge in [0, 0.05) is 44.6 Å². The third-order valence-electron chi connectivity index (χ3n) is 5.36. The standard InChI is InChI=1S/C18H24N6O/c1-22(8-9-23-7-6-19-11-18(23)25)15-12-24(13-15)17-10-14-4-2-3-5-16(14)20-21-17/h6-7,10-11,15H,2-5,8-9,12-13H2,1H3. The quantitative estimate of drug-likeness (QED) is 0.799. The highest BCUT2D eigenvalue weighted by Crippen LogP contribution is 2.25. The second-order valence-corrected chi connectivity index (χ2v) is 7.03. The zero-order valence-corrected chi connectivity index (χ0v) is 14.6. The van der Waals surface area contributed by atoms with Crippen molar-refractivity contribution in [2.45, 2.75) is 38.3 Å². The van der Waals surface area contributed by atoms with Gasteiger partial charge in [0.2, 0.25) is 0 Å². The van der Waals surface area contributed by atoms with E-state index in [-0.39, 0.29) is 5.56 Å². The van der Waals surface area contributed by atoms with Crippen LogP contribution < -0.4 is 10.5 Å². The maximum atomic E-state index is 11.7.